The number of nitrogens with one attached hydrogen (secondary N) is 2. The van der Waals surface area contributed by atoms with Gasteiger partial charge in [-0.2, -0.15) is 9.29 Å². The molecule has 0 aliphatic carbocycles. The van der Waals surface area contributed by atoms with E-state index in [0.29, 0.717) is 37.0 Å². The molecule has 2 saturated heterocycles. The summed E-state index contributed by atoms with van der Waals surface area (Å²) in [6.45, 7) is 10.3. The van der Waals surface area contributed by atoms with Crippen molar-refractivity contribution in [1.29, 1.82) is 0 Å². The van der Waals surface area contributed by atoms with Crippen LogP contribution in [0, 0.1) is 0 Å². The van der Waals surface area contributed by atoms with Crippen LogP contribution in [0.1, 0.15) is 46.5 Å². The number of anilines is 2. The number of sulfonamides is 1. The van der Waals surface area contributed by atoms with E-state index in [9.17, 15) is 8.42 Å². The van der Waals surface area contributed by atoms with E-state index < -0.39 is 14.8 Å². The number of H-pyrrole nitrogens is 1. The molecule has 2 aliphatic rings. The van der Waals surface area contributed by atoms with Gasteiger partial charge < -0.3 is 20.1 Å². The van der Waals surface area contributed by atoms with Gasteiger partial charge in [-0.1, -0.05) is 13.3 Å². The van der Waals surface area contributed by atoms with Crippen molar-refractivity contribution in [1.82, 2.24) is 34.1 Å². The van der Waals surface area contributed by atoms with Gasteiger partial charge in [0.1, 0.15) is 11.3 Å². The second kappa shape index (κ2) is 10.7. The second-order valence-corrected chi connectivity index (χ2v) is 13.6. The molecule has 5 rings (SSSR count). The Morgan fingerprint density at radius 2 is 1.89 bits per heavy atom. The molecule has 1 unspecified atom stereocenters. The van der Waals surface area contributed by atoms with Gasteiger partial charge >= 0.3 is 0 Å². The van der Waals surface area contributed by atoms with Crippen molar-refractivity contribution in [3.8, 4) is 11.3 Å². The van der Waals surface area contributed by atoms with Crippen LogP contribution in [0.2, 0.25) is 0 Å². The van der Waals surface area contributed by atoms with Crippen LogP contribution in [0.5, 0.6) is 0 Å². The minimum absolute atomic E-state index is 0.0751. The van der Waals surface area contributed by atoms with Crippen LogP contribution in [-0.2, 0) is 10.0 Å². The molecule has 0 amide bonds. The van der Waals surface area contributed by atoms with Gasteiger partial charge in [-0.05, 0) is 46.2 Å². The summed E-state index contributed by atoms with van der Waals surface area (Å²) in [6, 6.07) is 1.81. The van der Waals surface area contributed by atoms with Crippen LogP contribution in [0.25, 0.3) is 22.4 Å². The molecule has 0 radical (unpaired) electrons. The first-order valence-corrected chi connectivity index (χ1v) is 15.0. The molecule has 2 N–H and O–H groups in total. The zero-order valence-electron chi connectivity index (χ0n) is 22.8. The van der Waals surface area contributed by atoms with Crippen LogP contribution in [-0.4, -0.2) is 99.6 Å². The Kier molecular flexibility index (Phi) is 7.56. The average Bonchev–Trinajstić information content (AvgIpc) is 3.37. The topological polar surface area (TPSA) is 123 Å². The summed E-state index contributed by atoms with van der Waals surface area (Å²) in [5, 5.41) is 3.59. The van der Waals surface area contributed by atoms with Crippen molar-refractivity contribution in [2.75, 3.05) is 56.5 Å². The summed E-state index contributed by atoms with van der Waals surface area (Å²) in [4.78, 5) is 26.5. The Balaban J connectivity index is 1.45. The SMILES string of the molecule is CCCC(C)(C)S(=O)(=O)N1CCCC(Nc2nc(N3CCN(C)CC3)ncc2-c2cnc3[nH]ccc3n2)C1. The number of hydrogen-bond donors (Lipinski definition) is 2. The number of nitrogens with zero attached hydrogens (tertiary/aromatic N) is 7. The Labute approximate surface area is 225 Å². The smallest absolute Gasteiger partial charge is 0.227 e. The van der Waals surface area contributed by atoms with E-state index in [0.717, 1.165) is 62.2 Å². The number of rotatable bonds is 8. The summed E-state index contributed by atoms with van der Waals surface area (Å²) < 4.78 is 27.9. The summed E-state index contributed by atoms with van der Waals surface area (Å²) >= 11 is 0. The monoisotopic (exact) mass is 541 g/mol. The number of piperidine rings is 1. The molecular weight excluding hydrogens is 502 g/mol. The van der Waals surface area contributed by atoms with Crippen molar-refractivity contribution in [2.45, 2.75) is 57.2 Å². The molecule has 206 valence electrons. The minimum Gasteiger partial charge on any atom is -0.365 e. The predicted molar refractivity (Wildman–Crippen MR) is 151 cm³/mol. The average molecular weight is 542 g/mol. The Bertz CT molecular complexity index is 1370. The van der Waals surface area contributed by atoms with Gasteiger partial charge in [0.2, 0.25) is 16.0 Å². The van der Waals surface area contributed by atoms with E-state index in [1.807, 2.05) is 39.2 Å². The highest BCUT2D eigenvalue weighted by Crippen LogP contribution is 2.31. The molecule has 3 aromatic rings. The summed E-state index contributed by atoms with van der Waals surface area (Å²) in [7, 11) is -1.32. The van der Waals surface area contributed by atoms with Crippen molar-refractivity contribution in [3.05, 3.63) is 24.7 Å². The third-order valence-corrected chi connectivity index (χ3v) is 10.3. The summed E-state index contributed by atoms with van der Waals surface area (Å²) in [6.07, 6.45) is 8.46. The molecule has 0 bridgehead atoms. The van der Waals surface area contributed by atoms with E-state index in [-0.39, 0.29) is 6.04 Å². The van der Waals surface area contributed by atoms with Crippen molar-refractivity contribution >= 4 is 33.0 Å². The fourth-order valence-corrected chi connectivity index (χ4v) is 7.25. The van der Waals surface area contributed by atoms with Gasteiger partial charge in [-0.25, -0.2) is 23.4 Å². The van der Waals surface area contributed by atoms with E-state index in [1.54, 1.807) is 10.5 Å². The molecule has 2 fully saturated rings. The lowest BCUT2D eigenvalue weighted by atomic mass is 10.1. The summed E-state index contributed by atoms with van der Waals surface area (Å²) in [5.41, 5.74) is 2.92. The quantitative estimate of drug-likeness (QED) is 0.443. The molecule has 0 saturated carbocycles. The molecule has 1 atom stereocenters. The standard InChI is InChI=1S/C26H39N9O2S/c1-5-9-26(2,3)38(36,37)35-11-6-7-19(18-35)30-23-20(22-17-28-24-21(31-22)8-10-27-24)16-29-25(32-23)34-14-12-33(4)13-15-34/h8,10,16-17,19H,5-7,9,11-15,18H2,1-4H3,(H,27,28)(H,29,30,32). The lowest BCUT2D eigenvalue weighted by molar-refractivity contribution is 0.310. The van der Waals surface area contributed by atoms with Crippen LogP contribution < -0.4 is 10.2 Å². The van der Waals surface area contributed by atoms with Crippen molar-refractivity contribution in [2.24, 2.45) is 0 Å². The molecule has 3 aromatic heterocycles. The second-order valence-electron chi connectivity index (χ2n) is 11.0. The van der Waals surface area contributed by atoms with Crippen molar-refractivity contribution < 1.29 is 8.42 Å². The first-order valence-electron chi connectivity index (χ1n) is 13.6. The number of fused-ring (bicyclic) bond motifs is 1. The fourth-order valence-electron chi connectivity index (χ4n) is 5.34. The third kappa shape index (κ3) is 5.34. The lowest BCUT2D eigenvalue weighted by Crippen LogP contribution is -2.51. The maximum Gasteiger partial charge on any atom is 0.227 e. The number of aromatic nitrogens is 5. The third-order valence-electron chi connectivity index (χ3n) is 7.71. The van der Waals surface area contributed by atoms with Gasteiger partial charge in [0.25, 0.3) is 0 Å². The maximum atomic E-state index is 13.5. The van der Waals surface area contributed by atoms with Crippen LogP contribution >= 0.6 is 0 Å². The zero-order valence-corrected chi connectivity index (χ0v) is 23.6. The molecule has 2 aliphatic heterocycles. The van der Waals surface area contributed by atoms with Gasteiger partial charge in [0, 0.05) is 57.7 Å². The van der Waals surface area contributed by atoms with Crippen LogP contribution in [0.3, 0.4) is 0 Å². The van der Waals surface area contributed by atoms with Gasteiger partial charge in [-0.15, -0.1) is 0 Å². The molecule has 5 heterocycles. The highest BCUT2D eigenvalue weighted by Gasteiger charge is 2.40. The first kappa shape index (κ1) is 26.8. The number of hydrogen-bond acceptors (Lipinski definition) is 9. The largest absolute Gasteiger partial charge is 0.365 e. The number of piperazine rings is 1. The number of aromatic amines is 1. The highest BCUT2D eigenvalue weighted by atomic mass is 32.2. The van der Waals surface area contributed by atoms with Gasteiger partial charge in [-0.3, -0.25) is 0 Å². The Morgan fingerprint density at radius 1 is 1.11 bits per heavy atom. The lowest BCUT2D eigenvalue weighted by Gasteiger charge is -2.38. The summed E-state index contributed by atoms with van der Waals surface area (Å²) in [5.74, 6) is 1.33. The van der Waals surface area contributed by atoms with E-state index in [1.165, 1.54) is 0 Å². The Morgan fingerprint density at radius 3 is 2.66 bits per heavy atom. The molecular formula is C26H39N9O2S. The zero-order chi connectivity index (χ0) is 26.9. The van der Waals surface area contributed by atoms with Gasteiger partial charge in [0.05, 0.1) is 22.2 Å². The van der Waals surface area contributed by atoms with E-state index in [4.69, 9.17) is 15.0 Å². The predicted octanol–water partition coefficient (Wildman–Crippen LogP) is 2.95. The van der Waals surface area contributed by atoms with Crippen LogP contribution in [0.4, 0.5) is 11.8 Å². The molecule has 38 heavy (non-hydrogen) atoms. The highest BCUT2D eigenvalue weighted by molar-refractivity contribution is 7.90. The van der Waals surface area contributed by atoms with Crippen LogP contribution in [0.15, 0.2) is 24.7 Å². The maximum absolute atomic E-state index is 13.5. The van der Waals surface area contributed by atoms with Crippen molar-refractivity contribution in [3.63, 3.8) is 0 Å². The van der Waals surface area contributed by atoms with E-state index in [2.05, 4.69) is 32.1 Å². The fraction of sp³-hybridized carbons (Fsp3) is 0.615. The number of likely N-dealkylation sites (N-methyl/N-ethyl adjacent to an activating group) is 1. The van der Waals surface area contributed by atoms with E-state index >= 15 is 0 Å². The normalized spacial score (nSPS) is 20.2. The molecule has 12 heteroatoms. The molecule has 0 spiro atoms. The Hall–Kier alpha value is -2.83. The minimum atomic E-state index is -3.44. The molecule has 11 nitrogen and oxygen atoms in total. The van der Waals surface area contributed by atoms with Gasteiger partial charge in [0.15, 0.2) is 5.65 Å². The first-order chi connectivity index (χ1) is 18.2. The molecule has 0 aromatic carbocycles.